The molecule has 0 spiro atoms. The maximum Gasteiger partial charge on any atom is 0.271 e. The van der Waals surface area contributed by atoms with Crippen molar-refractivity contribution in [3.05, 3.63) is 111 Å². The smallest absolute Gasteiger partial charge is 0.271 e. The second kappa shape index (κ2) is 14.4. The van der Waals surface area contributed by atoms with Crippen molar-refractivity contribution in [2.75, 3.05) is 10.6 Å². The van der Waals surface area contributed by atoms with Crippen molar-refractivity contribution in [2.45, 2.75) is 0 Å². The third-order valence-electron chi connectivity index (χ3n) is 5.26. The molecule has 0 radical (unpaired) electrons. The van der Waals surface area contributed by atoms with Crippen LogP contribution in [0.15, 0.2) is 54.6 Å². The fourth-order valence-corrected chi connectivity index (χ4v) is 4.82. The lowest BCUT2D eigenvalue weighted by Crippen LogP contribution is -2.13. The lowest BCUT2D eigenvalue weighted by atomic mass is 10.1. The number of nitro groups is 1. The van der Waals surface area contributed by atoms with Gasteiger partial charge in [0.05, 0.1) is 47.0 Å². The molecule has 5 N–H and O–H groups in total. The zero-order chi connectivity index (χ0) is 32.2. The molecule has 0 aliphatic rings. The summed E-state index contributed by atoms with van der Waals surface area (Å²) in [4.78, 5) is 34.3. The Kier molecular flexibility index (Phi) is 11.4. The molecule has 0 saturated carbocycles. The molecule has 4 aromatic rings. The number of aromatic hydroxyl groups is 3. The van der Waals surface area contributed by atoms with E-state index in [-0.39, 0.29) is 74.8 Å². The van der Waals surface area contributed by atoms with Gasteiger partial charge in [-0.1, -0.05) is 81.2 Å². The van der Waals surface area contributed by atoms with Crippen LogP contribution in [0.4, 0.5) is 17.1 Å². The second-order valence-electron chi connectivity index (χ2n) is 8.15. The van der Waals surface area contributed by atoms with Gasteiger partial charge in [-0.3, -0.25) is 19.7 Å². The van der Waals surface area contributed by atoms with E-state index >= 15 is 0 Å². The van der Waals surface area contributed by atoms with E-state index in [0.717, 1.165) is 6.07 Å². The van der Waals surface area contributed by atoms with Crippen molar-refractivity contribution in [3.8, 4) is 17.2 Å². The number of phenolic OH excluding ortho intramolecular Hbond substituents is 3. The average Bonchev–Trinajstić information content (AvgIpc) is 2.93. The number of amides is 2. The first-order valence-corrected chi connectivity index (χ1v) is 13.8. The SMILES string of the molecule is O=C(Nc1cc(Cl)cc(Cl)c1O)c1c(O)c(Cl)cc(Cl)c1Cl.O=C(Nc1ccc([N+](=O)[O-])cc1Cl)c1cc(Cl)ccc1O. The number of benzene rings is 4. The quantitative estimate of drug-likeness (QED) is 0.0592. The van der Waals surface area contributed by atoms with E-state index in [1.165, 1.54) is 48.5 Å². The predicted octanol–water partition coefficient (Wildman–Crippen LogP) is 9.48. The largest absolute Gasteiger partial charge is 0.507 e. The Labute approximate surface area is 277 Å². The van der Waals surface area contributed by atoms with Crippen molar-refractivity contribution >= 4 is 110 Å². The van der Waals surface area contributed by atoms with Crippen LogP contribution < -0.4 is 10.6 Å². The average molecular weight is 729 g/mol. The van der Waals surface area contributed by atoms with E-state index in [1.807, 2.05) is 0 Å². The Hall–Kier alpha value is -3.35. The first kappa shape index (κ1) is 34.1. The molecule has 4 aromatic carbocycles. The van der Waals surface area contributed by atoms with Gasteiger partial charge in [0.25, 0.3) is 17.5 Å². The van der Waals surface area contributed by atoms with Crippen LogP contribution in [0.3, 0.4) is 0 Å². The number of hydrogen-bond donors (Lipinski definition) is 5. The predicted molar refractivity (Wildman–Crippen MR) is 168 cm³/mol. The molecule has 2 amide bonds. The molecule has 0 saturated heterocycles. The standard InChI is InChI=1S/C13H6Cl5NO3.C13H8Cl2N2O4/c14-4-1-6(16)11(20)8(2-4)19-13(22)9-10(18)5(15)3-7(17)12(9)21;14-7-1-4-12(18)9(5-7)13(19)16-11-3-2-8(17(20)21)6-10(11)15/h1-3,20-21H,(H,19,22);1-6,18H,(H,16,19). The molecule has 17 heteroatoms. The van der Waals surface area contributed by atoms with Gasteiger partial charge in [0, 0.05) is 22.2 Å². The Morgan fingerprint density at radius 1 is 0.651 bits per heavy atom. The minimum Gasteiger partial charge on any atom is -0.507 e. The van der Waals surface area contributed by atoms with Crippen LogP contribution in [0.2, 0.25) is 35.2 Å². The summed E-state index contributed by atoms with van der Waals surface area (Å²) in [6.45, 7) is 0. The molecule has 4 rings (SSSR count). The molecule has 0 aliphatic heterocycles. The van der Waals surface area contributed by atoms with Crippen LogP contribution in [-0.2, 0) is 0 Å². The van der Waals surface area contributed by atoms with E-state index in [4.69, 9.17) is 81.2 Å². The lowest BCUT2D eigenvalue weighted by Gasteiger charge is -2.12. The molecule has 0 bridgehead atoms. The number of phenols is 3. The van der Waals surface area contributed by atoms with Gasteiger partial charge >= 0.3 is 0 Å². The molecule has 0 atom stereocenters. The van der Waals surface area contributed by atoms with Gasteiger partial charge in [-0.2, -0.15) is 0 Å². The monoisotopic (exact) mass is 725 g/mol. The summed E-state index contributed by atoms with van der Waals surface area (Å²) in [5, 5.41) is 44.8. The maximum absolute atomic E-state index is 12.3. The molecule has 43 heavy (non-hydrogen) atoms. The molecule has 224 valence electrons. The highest BCUT2D eigenvalue weighted by Crippen LogP contribution is 2.40. The summed E-state index contributed by atoms with van der Waals surface area (Å²) in [6, 6.07) is 11.4. The highest BCUT2D eigenvalue weighted by molar-refractivity contribution is 6.46. The molecule has 0 heterocycles. The number of hydrogen-bond acceptors (Lipinski definition) is 7. The van der Waals surface area contributed by atoms with Gasteiger partial charge in [-0.25, -0.2) is 0 Å². The van der Waals surface area contributed by atoms with Gasteiger partial charge in [0.15, 0.2) is 5.75 Å². The number of nitrogens with zero attached hydrogens (tertiary/aromatic N) is 1. The van der Waals surface area contributed by atoms with Crippen LogP contribution in [0.1, 0.15) is 20.7 Å². The minimum atomic E-state index is -0.847. The van der Waals surface area contributed by atoms with E-state index < -0.39 is 22.5 Å². The van der Waals surface area contributed by atoms with Crippen molar-refractivity contribution in [3.63, 3.8) is 0 Å². The van der Waals surface area contributed by atoms with Crippen LogP contribution >= 0.6 is 81.2 Å². The highest BCUT2D eigenvalue weighted by Gasteiger charge is 2.23. The van der Waals surface area contributed by atoms with Crippen LogP contribution in [0, 0.1) is 10.1 Å². The number of halogens is 7. The first-order chi connectivity index (χ1) is 20.1. The van der Waals surface area contributed by atoms with E-state index in [0.29, 0.717) is 0 Å². The zero-order valence-corrected chi connectivity index (χ0v) is 26.1. The van der Waals surface area contributed by atoms with Crippen molar-refractivity contribution in [2.24, 2.45) is 0 Å². The number of nitrogens with one attached hydrogen (secondary N) is 2. The number of non-ortho nitro benzene ring substituents is 1. The van der Waals surface area contributed by atoms with E-state index in [1.54, 1.807) is 0 Å². The number of anilines is 2. The topological polar surface area (TPSA) is 162 Å². The Morgan fingerprint density at radius 3 is 1.91 bits per heavy atom. The van der Waals surface area contributed by atoms with Gasteiger partial charge in [0.1, 0.15) is 17.1 Å². The highest BCUT2D eigenvalue weighted by atomic mass is 35.5. The summed E-state index contributed by atoms with van der Waals surface area (Å²) in [7, 11) is 0. The van der Waals surface area contributed by atoms with Gasteiger partial charge in [-0.05, 0) is 42.5 Å². The van der Waals surface area contributed by atoms with Crippen molar-refractivity contribution < 1.29 is 29.8 Å². The van der Waals surface area contributed by atoms with Crippen LogP contribution in [0.5, 0.6) is 17.2 Å². The first-order valence-electron chi connectivity index (χ1n) is 11.2. The van der Waals surface area contributed by atoms with Gasteiger partial charge in [0.2, 0.25) is 0 Å². The minimum absolute atomic E-state index is 0.0111. The van der Waals surface area contributed by atoms with Crippen LogP contribution in [0.25, 0.3) is 0 Å². The summed E-state index contributed by atoms with van der Waals surface area (Å²) < 4.78 is 0. The fraction of sp³-hybridized carbons (Fsp3) is 0. The number of carbonyl (C=O) groups excluding carboxylic acids is 2. The summed E-state index contributed by atoms with van der Waals surface area (Å²) >= 11 is 40.7. The molecular formula is C26H14Cl7N3O7. The van der Waals surface area contributed by atoms with E-state index in [2.05, 4.69) is 10.6 Å². The van der Waals surface area contributed by atoms with E-state index in [9.17, 15) is 35.0 Å². The molecule has 0 unspecified atom stereocenters. The molecule has 0 aromatic heterocycles. The number of nitro benzene ring substituents is 1. The fourth-order valence-electron chi connectivity index (χ4n) is 3.24. The van der Waals surface area contributed by atoms with Crippen molar-refractivity contribution in [1.29, 1.82) is 0 Å². The van der Waals surface area contributed by atoms with Crippen LogP contribution in [-0.4, -0.2) is 32.1 Å². The third-order valence-corrected chi connectivity index (χ3v) is 7.39. The molecule has 0 fully saturated rings. The molecule has 0 aliphatic carbocycles. The summed E-state index contributed by atoms with van der Waals surface area (Å²) in [5.41, 5.74) is -0.434. The Morgan fingerprint density at radius 2 is 1.28 bits per heavy atom. The van der Waals surface area contributed by atoms with Gasteiger partial charge in [-0.15, -0.1) is 0 Å². The Bertz CT molecular complexity index is 1740. The van der Waals surface area contributed by atoms with Crippen molar-refractivity contribution in [1.82, 2.24) is 0 Å². The zero-order valence-electron chi connectivity index (χ0n) is 20.8. The molecular weight excluding hydrogens is 714 g/mol. The maximum atomic E-state index is 12.3. The summed E-state index contributed by atoms with van der Waals surface area (Å²) in [6.07, 6.45) is 0. The number of carbonyl (C=O) groups is 2. The normalized spacial score (nSPS) is 10.4. The second-order valence-corrected chi connectivity index (χ2v) is 11.0. The van der Waals surface area contributed by atoms with Gasteiger partial charge < -0.3 is 26.0 Å². The lowest BCUT2D eigenvalue weighted by molar-refractivity contribution is -0.384. The summed E-state index contributed by atoms with van der Waals surface area (Å²) in [5.74, 6) is -2.65. The third kappa shape index (κ3) is 8.39. The Balaban J connectivity index is 0.000000236. The molecule has 10 nitrogen and oxygen atoms in total. The number of rotatable bonds is 5.